The zero-order valence-electron chi connectivity index (χ0n) is 20.8. The molecule has 182 valence electrons. The predicted molar refractivity (Wildman–Crippen MR) is 146 cm³/mol. The van der Waals surface area contributed by atoms with Crippen LogP contribution in [0.4, 0.5) is 11.6 Å². The van der Waals surface area contributed by atoms with Gasteiger partial charge in [0.1, 0.15) is 0 Å². The maximum atomic E-state index is 4.86. The maximum absolute atomic E-state index is 4.86. The van der Waals surface area contributed by atoms with Crippen LogP contribution in [0.1, 0.15) is 17.2 Å². The number of nitrogens with zero attached hydrogens (tertiary/aromatic N) is 8. The van der Waals surface area contributed by atoms with Crippen molar-refractivity contribution in [1.29, 1.82) is 0 Å². The average molecular weight is 594 g/mol. The molecule has 1 aliphatic carbocycles. The van der Waals surface area contributed by atoms with Crippen LogP contribution in [-0.2, 0) is 6.42 Å². The third kappa shape index (κ3) is 3.84. The molecule has 1 aliphatic rings. The van der Waals surface area contributed by atoms with Crippen molar-refractivity contribution in [2.24, 2.45) is 0 Å². The van der Waals surface area contributed by atoms with Crippen LogP contribution >= 0.6 is 0 Å². The third-order valence-electron chi connectivity index (χ3n) is 6.84. The Bertz CT molecular complexity index is 1770. The van der Waals surface area contributed by atoms with Gasteiger partial charge in [0.25, 0.3) is 0 Å². The molecule has 0 amide bonds. The Morgan fingerprint density at radius 3 is 2.51 bits per heavy atom. The normalized spacial score (nSPS) is 15.1. The number of aromatic nitrogens is 8. The molecule has 37 heavy (non-hydrogen) atoms. The second kappa shape index (κ2) is 8.34. The van der Waals surface area contributed by atoms with E-state index in [2.05, 4.69) is 76.9 Å². The van der Waals surface area contributed by atoms with Gasteiger partial charge in [0.2, 0.25) is 0 Å². The first-order chi connectivity index (χ1) is 17.9. The van der Waals surface area contributed by atoms with Gasteiger partial charge in [0.05, 0.1) is 12.2 Å². The fourth-order valence-electron chi connectivity index (χ4n) is 5.00. The van der Waals surface area contributed by atoms with E-state index in [0.717, 1.165) is 28.7 Å². The van der Waals surface area contributed by atoms with E-state index in [1.165, 1.54) is 21.9 Å². The number of fused-ring (bicyclic) bond motifs is 1. The zero-order valence-corrected chi connectivity index (χ0v) is 23.6. The first kappa shape index (κ1) is 22.3. The van der Waals surface area contributed by atoms with Crippen molar-refractivity contribution >= 4 is 52.1 Å². The van der Waals surface area contributed by atoms with E-state index in [1.807, 2.05) is 44.4 Å². The van der Waals surface area contributed by atoms with Crippen molar-refractivity contribution in [1.82, 2.24) is 38.2 Å². The number of tetrazole rings is 1. The molecule has 7 rings (SSSR count). The minimum absolute atomic E-state index is 0.110. The zero-order chi connectivity index (χ0) is 25.1. The number of nitrogens with one attached hydrogen (secondary N) is 1. The van der Waals surface area contributed by atoms with Gasteiger partial charge in [-0.2, -0.15) is 5.10 Å². The number of anilines is 2. The molecular weight excluding hydrogens is 569 g/mol. The summed E-state index contributed by atoms with van der Waals surface area (Å²) >= 11 is -2.42. The average Bonchev–Trinajstić information content (AvgIpc) is 3.63. The Labute approximate surface area is 217 Å². The van der Waals surface area contributed by atoms with Gasteiger partial charge in [-0.05, 0) is 28.3 Å². The number of hydrogen-bond donors (Lipinski definition) is 1. The molecule has 0 saturated carbocycles. The first-order valence-corrected chi connectivity index (χ1v) is 22.2. The molecule has 3 aromatic carbocycles. The fourth-order valence-corrected chi connectivity index (χ4v) is 7.02. The number of benzene rings is 3. The Kier molecular flexibility index (Phi) is 5.03. The van der Waals surface area contributed by atoms with Gasteiger partial charge in [-0.3, -0.25) is 0 Å². The second-order valence-corrected chi connectivity index (χ2v) is 24.0. The molecule has 10 heteroatoms. The van der Waals surface area contributed by atoms with E-state index >= 15 is 0 Å². The summed E-state index contributed by atoms with van der Waals surface area (Å²) in [6.07, 6.45) is 4.57. The van der Waals surface area contributed by atoms with E-state index in [1.54, 1.807) is 0 Å². The van der Waals surface area contributed by atoms with E-state index in [9.17, 15) is 0 Å². The summed E-state index contributed by atoms with van der Waals surface area (Å²) in [5, 5.41) is 24.7. The molecule has 0 bridgehead atoms. The summed E-state index contributed by atoms with van der Waals surface area (Å²) in [5.41, 5.74) is 5.28. The van der Waals surface area contributed by atoms with Crippen LogP contribution in [0.3, 0.4) is 0 Å². The Balaban J connectivity index is 1.17. The van der Waals surface area contributed by atoms with Crippen LogP contribution in [-0.4, -0.2) is 56.8 Å². The molecule has 9 nitrogen and oxygen atoms in total. The number of hydrogen-bond acceptors (Lipinski definition) is 7. The quantitative estimate of drug-likeness (QED) is 0.274. The van der Waals surface area contributed by atoms with Gasteiger partial charge in [-0.1, -0.05) is 36.4 Å². The van der Waals surface area contributed by atoms with Crippen LogP contribution in [0, 0.1) is 0 Å². The Morgan fingerprint density at radius 2 is 1.73 bits per heavy atom. The summed E-state index contributed by atoms with van der Waals surface area (Å²) in [6, 6.07) is 21.1. The molecule has 0 spiro atoms. The fraction of sp³-hybridized carbons (Fsp3) is 0.185. The van der Waals surface area contributed by atoms with Crippen molar-refractivity contribution in [2.75, 3.05) is 5.32 Å². The molecule has 6 aromatic rings. The van der Waals surface area contributed by atoms with Crippen molar-refractivity contribution in [2.45, 2.75) is 27.3 Å². The Morgan fingerprint density at radius 1 is 0.919 bits per heavy atom. The Hall–Kier alpha value is -3.86. The van der Waals surface area contributed by atoms with Gasteiger partial charge >= 0.3 is 136 Å². The molecule has 3 aromatic heterocycles. The van der Waals surface area contributed by atoms with Crippen LogP contribution in [0.5, 0.6) is 0 Å². The van der Waals surface area contributed by atoms with Crippen LogP contribution < -0.4 is 5.32 Å². The molecule has 0 radical (unpaired) electrons. The summed E-state index contributed by atoms with van der Waals surface area (Å²) in [6.45, 7) is 0. The molecule has 1 unspecified atom stereocenters. The van der Waals surface area contributed by atoms with Gasteiger partial charge in [0, 0.05) is 0 Å². The minimum atomic E-state index is -2.42. The van der Waals surface area contributed by atoms with Gasteiger partial charge < -0.3 is 0 Å². The van der Waals surface area contributed by atoms with Gasteiger partial charge in [-0.25, -0.2) is 0 Å². The van der Waals surface area contributed by atoms with Crippen molar-refractivity contribution in [3.8, 4) is 11.4 Å². The second-order valence-electron chi connectivity index (χ2n) is 10.4. The molecule has 1 atom stereocenters. The molecule has 1 N–H and O–H groups in total. The van der Waals surface area contributed by atoms with E-state index in [4.69, 9.17) is 10.1 Å². The summed E-state index contributed by atoms with van der Waals surface area (Å²) in [5.74, 6) is 1.17. The molecule has 0 saturated heterocycles. The molecular formula is C27H25N9Sn. The van der Waals surface area contributed by atoms with E-state index < -0.39 is 18.7 Å². The van der Waals surface area contributed by atoms with Crippen LogP contribution in [0.2, 0.25) is 14.8 Å². The summed E-state index contributed by atoms with van der Waals surface area (Å²) < 4.78 is 3.88. The van der Waals surface area contributed by atoms with E-state index in [0.29, 0.717) is 11.8 Å². The third-order valence-corrected chi connectivity index (χ3v) is 10.8. The van der Waals surface area contributed by atoms with Gasteiger partial charge in [-0.15, -0.1) is 0 Å². The standard InChI is InChI=1S/C24H16N9.3CH3.Sn/c1-3-14-4-2-6-19-20(11-16(5-1)21(14)19)33-23-17(13-26-33)12-25-24(28-23)27-18-9-7-15(8-10-18)22-29-31-32-30-22;;;;/h1-10,12-13,20H,11H2,(H-,25,27,28,29,30,31,32);3*1H3;/q-1;;;;+1. The van der Waals surface area contributed by atoms with Crippen molar-refractivity contribution in [3.05, 3.63) is 84.2 Å². The summed E-state index contributed by atoms with van der Waals surface area (Å²) in [7, 11) is 0. The van der Waals surface area contributed by atoms with Crippen molar-refractivity contribution in [3.63, 3.8) is 0 Å². The van der Waals surface area contributed by atoms with E-state index in [-0.39, 0.29) is 6.04 Å². The summed E-state index contributed by atoms with van der Waals surface area (Å²) in [4.78, 5) is 16.1. The molecule has 3 heterocycles. The monoisotopic (exact) mass is 595 g/mol. The molecule has 0 aliphatic heterocycles. The topological polar surface area (TPSA) is 99.2 Å². The SMILES string of the molecule is [CH3][Sn]([CH3])([CH3])[n]1nnc(-c2ccc(Nc3ncc4cnn(C5Cc6cccc7cccc5c67)c4n3)cc2)n1. The molecule has 0 fully saturated rings. The predicted octanol–water partition coefficient (Wildman–Crippen LogP) is 5.21. The first-order valence-electron chi connectivity index (χ1n) is 12.3. The van der Waals surface area contributed by atoms with Crippen LogP contribution in [0.25, 0.3) is 33.2 Å². The van der Waals surface area contributed by atoms with Gasteiger partial charge in [0.15, 0.2) is 0 Å². The van der Waals surface area contributed by atoms with Crippen LogP contribution in [0.15, 0.2) is 73.1 Å². The number of rotatable bonds is 5. The van der Waals surface area contributed by atoms with Crippen molar-refractivity contribution < 1.29 is 0 Å².